The Morgan fingerprint density at radius 3 is 1.79 bits per heavy atom. The first-order valence-corrected chi connectivity index (χ1v) is 12.4. The summed E-state index contributed by atoms with van der Waals surface area (Å²) in [5.74, 6) is 0.692. The van der Waals surface area contributed by atoms with Crippen molar-refractivity contribution in [1.29, 1.82) is 0 Å². The van der Waals surface area contributed by atoms with Gasteiger partial charge >= 0.3 is 0 Å². The van der Waals surface area contributed by atoms with E-state index in [4.69, 9.17) is 13.6 Å². The lowest BCUT2D eigenvalue weighted by Gasteiger charge is -2.32. The van der Waals surface area contributed by atoms with Crippen LogP contribution in [0.3, 0.4) is 0 Å². The van der Waals surface area contributed by atoms with Gasteiger partial charge in [0, 0.05) is 16.7 Å². The highest BCUT2D eigenvalue weighted by molar-refractivity contribution is 6.05. The maximum absolute atomic E-state index is 14.6. The van der Waals surface area contributed by atoms with E-state index in [2.05, 4.69) is 0 Å². The summed E-state index contributed by atoms with van der Waals surface area (Å²) in [5.41, 5.74) is 2.44. The summed E-state index contributed by atoms with van der Waals surface area (Å²) in [6.45, 7) is 0. The molecule has 1 atom stereocenters. The van der Waals surface area contributed by atoms with Crippen molar-refractivity contribution in [2.45, 2.75) is 5.60 Å². The molecule has 0 fully saturated rings. The third-order valence-corrected chi connectivity index (χ3v) is 6.52. The maximum Gasteiger partial charge on any atom is 0.257 e. The van der Waals surface area contributed by atoms with E-state index in [9.17, 15) is 4.79 Å². The number of ether oxygens (including phenoxy) is 1. The smallest absolute Gasteiger partial charge is 0.257 e. The van der Waals surface area contributed by atoms with Crippen molar-refractivity contribution in [2.24, 2.45) is 0 Å². The average molecular weight is 497 g/mol. The first kappa shape index (κ1) is 23.3. The summed E-state index contributed by atoms with van der Waals surface area (Å²) >= 11 is 0. The van der Waals surface area contributed by atoms with Gasteiger partial charge in [0.25, 0.3) is 11.4 Å². The second-order valence-corrected chi connectivity index (χ2v) is 8.85. The van der Waals surface area contributed by atoms with Gasteiger partial charge in [-0.1, -0.05) is 109 Å². The number of rotatable bonds is 8. The Labute approximate surface area is 220 Å². The van der Waals surface area contributed by atoms with Crippen LogP contribution in [0.15, 0.2) is 155 Å². The number of carbonyl (C=O) groups is 1. The molecule has 4 heteroatoms. The van der Waals surface area contributed by atoms with Gasteiger partial charge in [-0.05, 0) is 35.4 Å². The van der Waals surface area contributed by atoms with Crippen LogP contribution in [0.25, 0.3) is 22.3 Å². The predicted molar refractivity (Wildman–Crippen MR) is 147 cm³/mol. The Balaban J connectivity index is 1.71. The molecule has 0 aliphatic rings. The van der Waals surface area contributed by atoms with Crippen molar-refractivity contribution in [1.82, 2.24) is 0 Å². The van der Waals surface area contributed by atoms with Crippen molar-refractivity contribution in [3.8, 4) is 28.0 Å². The molecule has 0 bridgehead atoms. The molecule has 4 aromatic carbocycles. The minimum atomic E-state index is -1.68. The predicted octanol–water partition coefficient (Wildman–Crippen LogP) is 8.41. The standard InChI is InChI=1S/C34H24O4/c35-32(30-22-13-23-36-30)34(27-18-9-3-10-19-27,38-28-20-11-4-12-21-28)33-31(26-16-7-2-8-17-26)29(24-37-33)25-14-5-1-6-15-25/h1-24H. The molecule has 4 nitrogen and oxygen atoms in total. The molecule has 38 heavy (non-hydrogen) atoms. The second kappa shape index (κ2) is 10.1. The minimum Gasteiger partial charge on any atom is -0.466 e. The fraction of sp³-hybridized carbons (Fsp3) is 0.0294. The SMILES string of the molecule is O=C(c1ccco1)C(Oc1ccccc1)(c1ccccc1)c1occ(-c2ccccc2)c1-c1ccccc1. The Kier molecular flexibility index (Phi) is 6.20. The second-order valence-electron chi connectivity index (χ2n) is 8.85. The van der Waals surface area contributed by atoms with Gasteiger partial charge in [0.1, 0.15) is 5.75 Å². The molecule has 0 saturated heterocycles. The third-order valence-electron chi connectivity index (χ3n) is 6.52. The van der Waals surface area contributed by atoms with Gasteiger partial charge < -0.3 is 13.6 Å². The molecule has 6 aromatic rings. The van der Waals surface area contributed by atoms with Crippen LogP contribution in [-0.4, -0.2) is 5.78 Å². The maximum atomic E-state index is 14.6. The summed E-state index contributed by atoms with van der Waals surface area (Å²) in [6.07, 6.45) is 3.19. The van der Waals surface area contributed by atoms with Gasteiger partial charge in [-0.2, -0.15) is 0 Å². The van der Waals surface area contributed by atoms with Crippen LogP contribution in [0.4, 0.5) is 0 Å². The van der Waals surface area contributed by atoms with Crippen molar-refractivity contribution in [3.05, 3.63) is 163 Å². The molecule has 2 heterocycles. The van der Waals surface area contributed by atoms with E-state index in [0.29, 0.717) is 17.1 Å². The van der Waals surface area contributed by atoms with Gasteiger partial charge in [0.05, 0.1) is 12.5 Å². The van der Waals surface area contributed by atoms with E-state index < -0.39 is 5.60 Å². The molecule has 2 aromatic heterocycles. The van der Waals surface area contributed by atoms with Gasteiger partial charge in [-0.3, -0.25) is 4.79 Å². The molecule has 184 valence electrons. The van der Waals surface area contributed by atoms with E-state index in [1.54, 1.807) is 18.4 Å². The summed E-state index contributed by atoms with van der Waals surface area (Å²) in [7, 11) is 0. The van der Waals surface area contributed by atoms with Gasteiger partial charge in [-0.15, -0.1) is 0 Å². The van der Waals surface area contributed by atoms with Crippen LogP contribution in [0.5, 0.6) is 5.75 Å². The van der Waals surface area contributed by atoms with Gasteiger partial charge in [0.2, 0.25) is 0 Å². The van der Waals surface area contributed by atoms with Crippen molar-refractivity contribution in [2.75, 3.05) is 0 Å². The summed E-state index contributed by atoms with van der Waals surface area (Å²) in [5, 5.41) is 0. The van der Waals surface area contributed by atoms with E-state index in [0.717, 1.165) is 22.3 Å². The monoisotopic (exact) mass is 496 g/mol. The Bertz CT molecular complexity index is 1620. The van der Waals surface area contributed by atoms with Crippen LogP contribution < -0.4 is 4.74 Å². The molecular weight excluding hydrogens is 472 g/mol. The highest BCUT2D eigenvalue weighted by atomic mass is 16.5. The molecule has 0 N–H and O–H groups in total. The van der Waals surface area contributed by atoms with Crippen LogP contribution in [-0.2, 0) is 5.60 Å². The molecule has 1 unspecified atom stereocenters. The zero-order valence-corrected chi connectivity index (χ0v) is 20.5. The summed E-state index contributed by atoms with van der Waals surface area (Å²) < 4.78 is 18.8. The first-order chi connectivity index (χ1) is 18.8. The largest absolute Gasteiger partial charge is 0.466 e. The number of para-hydroxylation sites is 1. The number of carbonyl (C=O) groups excluding carboxylic acids is 1. The molecule has 0 amide bonds. The molecule has 0 saturated carbocycles. The van der Waals surface area contributed by atoms with Crippen molar-refractivity contribution >= 4 is 5.78 Å². The normalized spacial score (nSPS) is 12.5. The number of benzene rings is 4. The summed E-state index contributed by atoms with van der Waals surface area (Å²) in [4.78, 5) is 14.6. The van der Waals surface area contributed by atoms with E-state index in [1.165, 1.54) is 6.26 Å². The lowest BCUT2D eigenvalue weighted by atomic mass is 9.81. The third kappa shape index (κ3) is 4.12. The number of hydrogen-bond donors (Lipinski definition) is 0. The Morgan fingerprint density at radius 2 is 1.18 bits per heavy atom. The lowest BCUT2D eigenvalue weighted by molar-refractivity contribution is 0.0483. The number of Topliss-reactive ketones (excluding diaryl/α,β-unsaturated/α-hetero) is 1. The molecule has 0 aliphatic heterocycles. The molecule has 0 radical (unpaired) electrons. The molecule has 0 spiro atoms. The topological polar surface area (TPSA) is 52.6 Å². The van der Waals surface area contributed by atoms with E-state index >= 15 is 0 Å². The van der Waals surface area contributed by atoms with Crippen molar-refractivity contribution < 1.29 is 18.4 Å². The molecular formula is C34H24O4. The van der Waals surface area contributed by atoms with Gasteiger partial charge in [0.15, 0.2) is 11.5 Å². The van der Waals surface area contributed by atoms with E-state index in [1.807, 2.05) is 121 Å². The number of furan rings is 2. The van der Waals surface area contributed by atoms with Crippen LogP contribution in [0, 0.1) is 0 Å². The Hall–Kier alpha value is -5.09. The van der Waals surface area contributed by atoms with Crippen LogP contribution in [0.2, 0.25) is 0 Å². The molecule has 6 rings (SSSR count). The highest BCUT2D eigenvalue weighted by Crippen LogP contribution is 2.47. The first-order valence-electron chi connectivity index (χ1n) is 12.4. The van der Waals surface area contributed by atoms with Crippen molar-refractivity contribution in [3.63, 3.8) is 0 Å². The van der Waals surface area contributed by atoms with E-state index in [-0.39, 0.29) is 11.5 Å². The highest BCUT2D eigenvalue weighted by Gasteiger charge is 2.51. The molecule has 0 aliphatic carbocycles. The van der Waals surface area contributed by atoms with Crippen LogP contribution >= 0.6 is 0 Å². The number of hydrogen-bond acceptors (Lipinski definition) is 4. The van der Waals surface area contributed by atoms with Gasteiger partial charge in [-0.25, -0.2) is 0 Å². The van der Waals surface area contributed by atoms with Crippen LogP contribution in [0.1, 0.15) is 21.9 Å². The fourth-order valence-corrected chi connectivity index (χ4v) is 4.77. The average Bonchev–Trinajstić information content (AvgIpc) is 3.69. The quantitative estimate of drug-likeness (QED) is 0.199. The zero-order chi connectivity index (χ0) is 25.8. The fourth-order valence-electron chi connectivity index (χ4n) is 4.77. The summed E-state index contributed by atoms with van der Waals surface area (Å²) in [6, 6.07) is 42.0. The Morgan fingerprint density at radius 1 is 0.605 bits per heavy atom. The lowest BCUT2D eigenvalue weighted by Crippen LogP contribution is -2.43. The zero-order valence-electron chi connectivity index (χ0n) is 20.5. The number of ketones is 1. The minimum absolute atomic E-state index is 0.168.